The molecule has 1 aromatic heterocycles. The van der Waals surface area contributed by atoms with E-state index >= 15 is 0 Å². The van der Waals surface area contributed by atoms with Gasteiger partial charge in [-0.3, -0.25) is 4.79 Å². The molecule has 0 aliphatic carbocycles. The third-order valence-electron chi connectivity index (χ3n) is 3.86. The fraction of sp³-hybridized carbons (Fsp3) is 0.105. The molecule has 0 spiro atoms. The first-order valence-electron chi connectivity index (χ1n) is 8.60. The van der Waals surface area contributed by atoms with Crippen LogP contribution < -0.4 is 10.0 Å². The standard InChI is InChI=1S/C19H18N4O5S2/c1-29(25,26)13-14-3-5-15(6-4-14)18(24)22-16-7-9-17(10-8-16)30(27,28)23-19-20-11-2-12-21-19/h2-12H,13H2,1H3,(H,22,24)(H,20,21,23). The molecule has 0 aliphatic heterocycles. The van der Waals surface area contributed by atoms with Gasteiger partial charge in [-0.15, -0.1) is 0 Å². The summed E-state index contributed by atoms with van der Waals surface area (Å²) in [5.41, 5.74) is 1.32. The topological polar surface area (TPSA) is 135 Å². The Bertz CT molecular complexity index is 1240. The molecule has 30 heavy (non-hydrogen) atoms. The van der Waals surface area contributed by atoms with Crippen molar-refractivity contribution in [1.29, 1.82) is 0 Å². The molecule has 1 amide bonds. The van der Waals surface area contributed by atoms with E-state index in [1.807, 2.05) is 0 Å². The number of anilines is 2. The third-order valence-corrected chi connectivity index (χ3v) is 6.06. The highest BCUT2D eigenvalue weighted by Crippen LogP contribution is 2.17. The molecule has 1 heterocycles. The molecule has 0 bridgehead atoms. The van der Waals surface area contributed by atoms with Crippen LogP contribution >= 0.6 is 0 Å². The normalized spacial score (nSPS) is 11.6. The first-order valence-corrected chi connectivity index (χ1v) is 12.1. The fourth-order valence-corrected chi connectivity index (χ4v) is 4.26. The molecule has 0 fully saturated rings. The van der Waals surface area contributed by atoms with E-state index in [2.05, 4.69) is 20.0 Å². The van der Waals surface area contributed by atoms with Gasteiger partial charge in [0.15, 0.2) is 9.84 Å². The number of sulfonamides is 1. The number of sulfone groups is 1. The number of benzene rings is 2. The monoisotopic (exact) mass is 446 g/mol. The SMILES string of the molecule is CS(=O)(=O)Cc1ccc(C(=O)Nc2ccc(S(=O)(=O)Nc3ncccn3)cc2)cc1. The van der Waals surface area contributed by atoms with Crippen LogP contribution in [0.15, 0.2) is 71.9 Å². The average molecular weight is 447 g/mol. The molecule has 2 N–H and O–H groups in total. The zero-order chi connectivity index (χ0) is 21.8. The number of rotatable bonds is 7. The minimum Gasteiger partial charge on any atom is -0.322 e. The molecule has 0 atom stereocenters. The summed E-state index contributed by atoms with van der Waals surface area (Å²) in [5.74, 6) is -0.561. The second kappa shape index (κ2) is 8.59. The number of nitrogens with zero attached hydrogens (tertiary/aromatic N) is 2. The van der Waals surface area contributed by atoms with Crippen molar-refractivity contribution >= 4 is 37.4 Å². The number of amides is 1. The maximum atomic E-state index is 12.4. The van der Waals surface area contributed by atoms with Crippen LogP contribution in [0.2, 0.25) is 0 Å². The Balaban J connectivity index is 1.67. The van der Waals surface area contributed by atoms with E-state index in [1.165, 1.54) is 48.8 Å². The van der Waals surface area contributed by atoms with Crippen molar-refractivity contribution < 1.29 is 21.6 Å². The highest BCUT2D eigenvalue weighted by Gasteiger charge is 2.16. The van der Waals surface area contributed by atoms with Crippen molar-refractivity contribution in [3.05, 3.63) is 78.1 Å². The van der Waals surface area contributed by atoms with Crippen LogP contribution in [0, 0.1) is 0 Å². The number of carbonyl (C=O) groups excluding carboxylic acids is 1. The van der Waals surface area contributed by atoms with Crippen LogP contribution in [0.3, 0.4) is 0 Å². The molecule has 3 rings (SSSR count). The van der Waals surface area contributed by atoms with Gasteiger partial charge in [-0.05, 0) is 48.0 Å². The largest absolute Gasteiger partial charge is 0.322 e. The van der Waals surface area contributed by atoms with Gasteiger partial charge < -0.3 is 5.32 Å². The Morgan fingerprint density at radius 3 is 2.07 bits per heavy atom. The second-order valence-electron chi connectivity index (χ2n) is 6.42. The quantitative estimate of drug-likeness (QED) is 0.567. The van der Waals surface area contributed by atoms with Gasteiger partial charge in [0.1, 0.15) is 0 Å². The van der Waals surface area contributed by atoms with Crippen LogP contribution in [0.25, 0.3) is 0 Å². The lowest BCUT2D eigenvalue weighted by Gasteiger charge is -2.09. The van der Waals surface area contributed by atoms with Gasteiger partial charge in [0.05, 0.1) is 10.6 Å². The number of hydrogen-bond acceptors (Lipinski definition) is 7. The Hall–Kier alpha value is -3.31. The first kappa shape index (κ1) is 21.4. The van der Waals surface area contributed by atoms with Gasteiger partial charge in [-0.1, -0.05) is 12.1 Å². The van der Waals surface area contributed by atoms with E-state index in [0.717, 1.165) is 6.26 Å². The minimum absolute atomic E-state index is 0.0157. The highest BCUT2D eigenvalue weighted by atomic mass is 32.2. The molecule has 156 valence electrons. The molecule has 0 saturated carbocycles. The smallest absolute Gasteiger partial charge is 0.264 e. The van der Waals surface area contributed by atoms with E-state index in [1.54, 1.807) is 18.2 Å². The van der Waals surface area contributed by atoms with Crippen molar-refractivity contribution in [2.75, 3.05) is 16.3 Å². The average Bonchev–Trinajstić information content (AvgIpc) is 2.68. The molecule has 2 aromatic carbocycles. The van der Waals surface area contributed by atoms with Crippen molar-refractivity contribution in [3.63, 3.8) is 0 Å². The van der Waals surface area contributed by atoms with Crippen LogP contribution in [-0.4, -0.2) is 39.0 Å². The minimum atomic E-state index is -3.87. The summed E-state index contributed by atoms with van der Waals surface area (Å²) in [6.45, 7) is 0. The van der Waals surface area contributed by atoms with Crippen LogP contribution in [0.5, 0.6) is 0 Å². The Morgan fingerprint density at radius 2 is 1.50 bits per heavy atom. The summed E-state index contributed by atoms with van der Waals surface area (Å²) in [7, 11) is -7.02. The van der Waals surface area contributed by atoms with E-state index in [-0.39, 0.29) is 16.6 Å². The molecule has 0 saturated heterocycles. The summed E-state index contributed by atoms with van der Waals surface area (Å²) < 4.78 is 49.6. The van der Waals surface area contributed by atoms with E-state index in [9.17, 15) is 21.6 Å². The maximum absolute atomic E-state index is 12.4. The fourth-order valence-electron chi connectivity index (χ4n) is 2.51. The van der Waals surface area contributed by atoms with Crippen molar-refractivity contribution in [1.82, 2.24) is 9.97 Å². The second-order valence-corrected chi connectivity index (χ2v) is 10.2. The van der Waals surface area contributed by atoms with Gasteiger partial charge in [0, 0.05) is 29.9 Å². The number of carbonyl (C=O) groups is 1. The van der Waals surface area contributed by atoms with Crippen LogP contribution in [0.1, 0.15) is 15.9 Å². The summed E-state index contributed by atoms with van der Waals surface area (Å²) in [4.78, 5) is 20.0. The third kappa shape index (κ3) is 5.84. The van der Waals surface area contributed by atoms with E-state index in [0.29, 0.717) is 16.8 Å². The predicted octanol–water partition coefficient (Wildman–Crippen LogP) is 2.07. The lowest BCUT2D eigenvalue weighted by molar-refractivity contribution is 0.102. The Kier molecular flexibility index (Phi) is 6.13. The van der Waals surface area contributed by atoms with Gasteiger partial charge >= 0.3 is 0 Å². The number of nitrogens with one attached hydrogen (secondary N) is 2. The molecule has 0 unspecified atom stereocenters. The van der Waals surface area contributed by atoms with E-state index in [4.69, 9.17) is 0 Å². The van der Waals surface area contributed by atoms with E-state index < -0.39 is 25.8 Å². The molecule has 0 aliphatic rings. The van der Waals surface area contributed by atoms with Gasteiger partial charge in [-0.25, -0.2) is 31.5 Å². The van der Waals surface area contributed by atoms with Crippen LogP contribution in [0.4, 0.5) is 11.6 Å². The summed E-state index contributed by atoms with van der Waals surface area (Å²) in [6.07, 6.45) is 3.97. The van der Waals surface area contributed by atoms with Crippen molar-refractivity contribution in [2.45, 2.75) is 10.6 Å². The molecular weight excluding hydrogens is 428 g/mol. The van der Waals surface area contributed by atoms with Crippen LogP contribution in [-0.2, 0) is 25.6 Å². The highest BCUT2D eigenvalue weighted by molar-refractivity contribution is 7.92. The zero-order valence-corrected chi connectivity index (χ0v) is 17.4. The van der Waals surface area contributed by atoms with Gasteiger partial charge in [0.2, 0.25) is 5.95 Å². The summed E-state index contributed by atoms with van der Waals surface area (Å²) >= 11 is 0. The molecule has 0 radical (unpaired) electrons. The first-order chi connectivity index (χ1) is 14.1. The van der Waals surface area contributed by atoms with Gasteiger partial charge in [0.25, 0.3) is 15.9 Å². The molecular formula is C19H18N4O5S2. The number of aromatic nitrogens is 2. The Labute approximate surface area is 174 Å². The van der Waals surface area contributed by atoms with Crippen molar-refractivity contribution in [2.24, 2.45) is 0 Å². The zero-order valence-electron chi connectivity index (χ0n) is 15.8. The summed E-state index contributed by atoms with van der Waals surface area (Å²) in [5, 5.41) is 2.66. The lowest BCUT2D eigenvalue weighted by atomic mass is 10.1. The Morgan fingerprint density at radius 1 is 0.900 bits per heavy atom. The molecule has 3 aromatic rings. The number of hydrogen-bond donors (Lipinski definition) is 2. The van der Waals surface area contributed by atoms with Gasteiger partial charge in [-0.2, -0.15) is 0 Å². The summed E-state index contributed by atoms with van der Waals surface area (Å²) in [6, 6.07) is 13.4. The molecule has 9 nitrogen and oxygen atoms in total. The maximum Gasteiger partial charge on any atom is 0.264 e. The lowest BCUT2D eigenvalue weighted by Crippen LogP contribution is -2.15. The predicted molar refractivity (Wildman–Crippen MR) is 112 cm³/mol. The van der Waals surface area contributed by atoms with Crippen molar-refractivity contribution in [3.8, 4) is 0 Å². The molecule has 11 heteroatoms.